The highest BCUT2D eigenvalue weighted by atomic mass is 32.2. The molecular weight excluding hydrogens is 488 g/mol. The third kappa shape index (κ3) is 5.84. The van der Waals surface area contributed by atoms with Crippen molar-refractivity contribution in [2.24, 2.45) is 0 Å². The Morgan fingerprint density at radius 3 is 2.49 bits per heavy atom. The number of rotatable bonds is 8. The van der Waals surface area contributed by atoms with Gasteiger partial charge in [-0.1, -0.05) is 0 Å². The summed E-state index contributed by atoms with van der Waals surface area (Å²) >= 11 is 1.10. The van der Waals surface area contributed by atoms with Crippen LogP contribution in [0.3, 0.4) is 0 Å². The SMILES string of the molecule is CC(=O)NCc1ccc(S(=O)(=O)Nc2ccc(Oc3cc(-n4cnc(C)c4C)nc(C)n3)cc2)s1. The molecule has 35 heavy (non-hydrogen) atoms. The van der Waals surface area contributed by atoms with Crippen molar-refractivity contribution in [2.75, 3.05) is 4.72 Å². The van der Waals surface area contributed by atoms with E-state index in [1.807, 2.05) is 18.4 Å². The number of thiophene rings is 1. The van der Waals surface area contributed by atoms with Gasteiger partial charge in [-0.05, 0) is 57.2 Å². The summed E-state index contributed by atoms with van der Waals surface area (Å²) in [4.78, 5) is 24.9. The first-order chi connectivity index (χ1) is 16.6. The van der Waals surface area contributed by atoms with Crippen molar-refractivity contribution >= 4 is 33.0 Å². The molecule has 2 N–H and O–H groups in total. The minimum atomic E-state index is -3.76. The zero-order chi connectivity index (χ0) is 25.2. The van der Waals surface area contributed by atoms with Gasteiger partial charge in [-0.3, -0.25) is 14.1 Å². The highest BCUT2D eigenvalue weighted by Crippen LogP contribution is 2.27. The van der Waals surface area contributed by atoms with Crippen molar-refractivity contribution < 1.29 is 17.9 Å². The van der Waals surface area contributed by atoms with Gasteiger partial charge in [0.2, 0.25) is 11.8 Å². The molecule has 3 aromatic heterocycles. The molecule has 0 aliphatic heterocycles. The maximum absolute atomic E-state index is 12.7. The Morgan fingerprint density at radius 2 is 1.83 bits per heavy atom. The van der Waals surface area contributed by atoms with Crippen molar-refractivity contribution in [3.63, 3.8) is 0 Å². The zero-order valence-electron chi connectivity index (χ0n) is 19.6. The summed E-state index contributed by atoms with van der Waals surface area (Å²) in [5, 5.41) is 2.65. The number of carbonyl (C=O) groups excluding carboxylic acids is 1. The van der Waals surface area contributed by atoms with E-state index < -0.39 is 10.0 Å². The smallest absolute Gasteiger partial charge is 0.271 e. The molecule has 0 aliphatic rings. The number of aryl methyl sites for hydroxylation is 2. The van der Waals surface area contributed by atoms with Crippen molar-refractivity contribution in [1.82, 2.24) is 24.8 Å². The number of aromatic nitrogens is 4. The Morgan fingerprint density at radius 1 is 1.09 bits per heavy atom. The van der Waals surface area contributed by atoms with Crippen LogP contribution in [-0.2, 0) is 21.4 Å². The van der Waals surface area contributed by atoms with E-state index in [2.05, 4.69) is 25.0 Å². The Balaban J connectivity index is 1.46. The van der Waals surface area contributed by atoms with Crippen LogP contribution in [-0.4, -0.2) is 33.8 Å². The first-order valence-corrected chi connectivity index (χ1v) is 12.9. The van der Waals surface area contributed by atoms with E-state index in [1.165, 1.54) is 13.0 Å². The predicted octanol–water partition coefficient (Wildman–Crippen LogP) is 3.88. The number of ether oxygens (including phenoxy) is 1. The van der Waals surface area contributed by atoms with Gasteiger partial charge in [0.15, 0.2) is 0 Å². The van der Waals surface area contributed by atoms with E-state index in [-0.39, 0.29) is 16.7 Å². The minimum Gasteiger partial charge on any atom is -0.439 e. The van der Waals surface area contributed by atoms with Crippen LogP contribution in [0.5, 0.6) is 11.6 Å². The number of anilines is 1. The van der Waals surface area contributed by atoms with E-state index in [1.54, 1.807) is 49.6 Å². The summed E-state index contributed by atoms with van der Waals surface area (Å²) in [5.74, 6) is 1.86. The van der Waals surface area contributed by atoms with Gasteiger partial charge in [0.1, 0.15) is 27.9 Å². The lowest BCUT2D eigenvalue weighted by atomic mass is 10.3. The highest BCUT2D eigenvalue weighted by molar-refractivity contribution is 7.94. The molecule has 0 saturated heterocycles. The summed E-state index contributed by atoms with van der Waals surface area (Å²) in [6.07, 6.45) is 1.70. The molecule has 0 fully saturated rings. The Labute approximate surface area is 207 Å². The molecule has 0 aliphatic carbocycles. The second kappa shape index (κ2) is 9.84. The second-order valence-electron chi connectivity index (χ2n) is 7.76. The molecule has 10 nitrogen and oxygen atoms in total. The number of hydrogen-bond donors (Lipinski definition) is 2. The van der Waals surface area contributed by atoms with E-state index in [4.69, 9.17) is 4.74 Å². The van der Waals surface area contributed by atoms with Crippen LogP contribution in [0, 0.1) is 20.8 Å². The second-order valence-corrected chi connectivity index (χ2v) is 10.8. The lowest BCUT2D eigenvalue weighted by molar-refractivity contribution is -0.119. The van der Waals surface area contributed by atoms with Crippen molar-refractivity contribution in [3.05, 3.63) is 70.9 Å². The molecule has 4 aromatic rings. The number of benzene rings is 1. The number of carbonyl (C=O) groups is 1. The Bertz CT molecular complexity index is 1480. The number of imidazole rings is 1. The molecule has 3 heterocycles. The van der Waals surface area contributed by atoms with Crippen LogP contribution in [0.1, 0.15) is 29.0 Å². The molecule has 0 atom stereocenters. The third-order valence-electron chi connectivity index (χ3n) is 5.04. The van der Waals surface area contributed by atoms with E-state index >= 15 is 0 Å². The zero-order valence-corrected chi connectivity index (χ0v) is 21.2. The molecule has 0 spiro atoms. The monoisotopic (exact) mass is 512 g/mol. The van der Waals surface area contributed by atoms with Crippen LogP contribution in [0.15, 0.2) is 53.0 Å². The fourth-order valence-electron chi connectivity index (χ4n) is 3.16. The lowest BCUT2D eigenvalue weighted by Gasteiger charge is -2.10. The van der Waals surface area contributed by atoms with Crippen LogP contribution in [0.2, 0.25) is 0 Å². The molecule has 4 rings (SSSR count). The van der Waals surface area contributed by atoms with Crippen LogP contribution < -0.4 is 14.8 Å². The molecule has 182 valence electrons. The fraction of sp³-hybridized carbons (Fsp3) is 0.217. The average Bonchev–Trinajstić information content (AvgIpc) is 3.41. The van der Waals surface area contributed by atoms with Crippen molar-refractivity contribution in [2.45, 2.75) is 38.4 Å². The summed E-state index contributed by atoms with van der Waals surface area (Å²) in [6, 6.07) is 11.4. The van der Waals surface area contributed by atoms with Crippen molar-refractivity contribution in [1.29, 1.82) is 0 Å². The number of nitrogens with zero attached hydrogens (tertiary/aromatic N) is 4. The largest absolute Gasteiger partial charge is 0.439 e. The van der Waals surface area contributed by atoms with Crippen LogP contribution in [0.4, 0.5) is 5.69 Å². The summed E-state index contributed by atoms with van der Waals surface area (Å²) in [7, 11) is -3.76. The van der Waals surface area contributed by atoms with Crippen LogP contribution >= 0.6 is 11.3 Å². The Kier molecular flexibility index (Phi) is 6.85. The van der Waals surface area contributed by atoms with Gasteiger partial charge in [-0.2, -0.15) is 4.98 Å². The summed E-state index contributed by atoms with van der Waals surface area (Å²) in [5.41, 5.74) is 2.27. The minimum absolute atomic E-state index is 0.159. The first kappa shape index (κ1) is 24.4. The van der Waals surface area contributed by atoms with Gasteiger partial charge >= 0.3 is 0 Å². The van der Waals surface area contributed by atoms with E-state index in [9.17, 15) is 13.2 Å². The molecule has 0 radical (unpaired) electrons. The fourth-order valence-corrected chi connectivity index (χ4v) is 5.51. The van der Waals surface area contributed by atoms with Gasteiger partial charge in [-0.25, -0.2) is 18.4 Å². The number of sulfonamides is 1. The topological polar surface area (TPSA) is 128 Å². The predicted molar refractivity (Wildman–Crippen MR) is 133 cm³/mol. The van der Waals surface area contributed by atoms with Gasteiger partial charge in [0.25, 0.3) is 10.0 Å². The van der Waals surface area contributed by atoms with Gasteiger partial charge in [-0.15, -0.1) is 11.3 Å². The average molecular weight is 513 g/mol. The van der Waals surface area contributed by atoms with E-state index in [0.29, 0.717) is 29.0 Å². The molecule has 0 bridgehead atoms. The molecule has 1 amide bonds. The quantitative estimate of drug-likeness (QED) is 0.367. The maximum Gasteiger partial charge on any atom is 0.271 e. The molecule has 0 saturated carbocycles. The van der Waals surface area contributed by atoms with Gasteiger partial charge in [0, 0.05) is 29.2 Å². The first-order valence-electron chi connectivity index (χ1n) is 10.6. The summed E-state index contributed by atoms with van der Waals surface area (Å²) < 4.78 is 35.9. The maximum atomic E-state index is 12.7. The number of hydrogen-bond acceptors (Lipinski definition) is 8. The molecule has 1 aromatic carbocycles. The standard InChI is InChI=1S/C23H24N6O4S2/c1-14-15(2)29(13-25-14)21-11-22(27-16(3)26-21)33-19-7-5-18(6-8-19)28-35(31,32)23-10-9-20(34-23)12-24-17(4)30/h5-11,13,28H,12H2,1-4H3,(H,24,30). The lowest BCUT2D eigenvalue weighted by Crippen LogP contribution is -2.18. The van der Waals surface area contributed by atoms with Crippen molar-refractivity contribution in [3.8, 4) is 17.4 Å². The highest BCUT2D eigenvalue weighted by Gasteiger charge is 2.17. The normalized spacial score (nSPS) is 11.3. The molecule has 12 heteroatoms. The van der Waals surface area contributed by atoms with Gasteiger partial charge < -0.3 is 10.1 Å². The van der Waals surface area contributed by atoms with Gasteiger partial charge in [0.05, 0.1) is 12.2 Å². The molecule has 0 unspecified atom stereocenters. The molecular formula is C23H24N6O4S2. The third-order valence-corrected chi connectivity index (χ3v) is 8.00. The number of amides is 1. The summed E-state index contributed by atoms with van der Waals surface area (Å²) in [6.45, 7) is 7.36. The van der Waals surface area contributed by atoms with E-state index in [0.717, 1.165) is 27.6 Å². The Hall–Kier alpha value is -3.77. The van der Waals surface area contributed by atoms with Crippen LogP contribution in [0.25, 0.3) is 5.82 Å². The number of nitrogens with one attached hydrogen (secondary N) is 2.